The highest BCUT2D eigenvalue weighted by Crippen LogP contribution is 2.29. The van der Waals surface area contributed by atoms with Gasteiger partial charge in [0, 0.05) is 6.42 Å². The number of hydrogen-bond acceptors (Lipinski definition) is 8. The topological polar surface area (TPSA) is 174 Å². The summed E-state index contributed by atoms with van der Waals surface area (Å²) in [7, 11) is 0. The Morgan fingerprint density at radius 3 is 2.50 bits per heavy atom. The molecule has 8 N–H and O–H groups in total. The van der Waals surface area contributed by atoms with Crippen LogP contribution in [0, 0.1) is 0 Å². The largest absolute Gasteiger partial charge is 0.477 e. The zero-order valence-corrected chi connectivity index (χ0v) is 9.38. The highest BCUT2D eigenvalue weighted by atomic mass is 16.7. The van der Waals surface area contributed by atoms with E-state index in [1.165, 1.54) is 0 Å². The van der Waals surface area contributed by atoms with Gasteiger partial charge in [0.2, 0.25) is 0 Å². The average molecular weight is 267 g/mol. The van der Waals surface area contributed by atoms with Crippen LogP contribution in [0.4, 0.5) is 0 Å². The zero-order valence-electron chi connectivity index (χ0n) is 9.38. The van der Waals surface area contributed by atoms with Crippen molar-refractivity contribution in [3.8, 4) is 0 Å². The van der Waals surface area contributed by atoms with Gasteiger partial charge in [-0.25, -0.2) is 4.79 Å². The minimum atomic E-state index is -2.70. The minimum Gasteiger partial charge on any atom is -0.477 e. The zero-order chi connectivity index (χ0) is 14.1. The molecule has 0 aliphatic carbocycles. The van der Waals surface area contributed by atoms with E-state index in [1.807, 2.05) is 0 Å². The quantitative estimate of drug-likeness (QED) is 0.267. The van der Waals surface area contributed by atoms with E-state index in [1.54, 1.807) is 0 Å². The molecular weight excluding hydrogens is 250 g/mol. The van der Waals surface area contributed by atoms with Gasteiger partial charge in [-0.2, -0.15) is 0 Å². The van der Waals surface area contributed by atoms with Gasteiger partial charge in [0.25, 0.3) is 5.79 Å². The molecule has 6 atom stereocenters. The van der Waals surface area contributed by atoms with Crippen molar-refractivity contribution in [3.63, 3.8) is 0 Å². The Balaban J connectivity index is 2.92. The maximum absolute atomic E-state index is 10.8. The molecule has 1 aliphatic heterocycles. The Labute approximate surface area is 102 Å². The maximum atomic E-state index is 10.8. The predicted molar refractivity (Wildman–Crippen MR) is 55.2 cm³/mol. The molecule has 0 unspecified atom stereocenters. The number of carbonyl (C=O) groups is 1. The number of carboxylic acid groups (broad SMARTS) is 1. The normalized spacial score (nSPS) is 40.2. The molecule has 0 amide bonds. The van der Waals surface area contributed by atoms with Gasteiger partial charge in [-0.05, 0) is 0 Å². The van der Waals surface area contributed by atoms with Crippen LogP contribution >= 0.6 is 0 Å². The van der Waals surface area contributed by atoms with Gasteiger partial charge in [0.05, 0.1) is 18.8 Å². The van der Waals surface area contributed by atoms with Crippen LogP contribution in [-0.2, 0) is 9.53 Å². The van der Waals surface area contributed by atoms with Crippen LogP contribution in [0.25, 0.3) is 0 Å². The molecule has 0 aromatic heterocycles. The second-order valence-corrected chi connectivity index (χ2v) is 4.26. The number of aliphatic hydroxyl groups excluding tert-OH is 4. The molecule has 1 saturated heterocycles. The maximum Gasteiger partial charge on any atom is 0.364 e. The third-order valence-electron chi connectivity index (χ3n) is 2.89. The summed E-state index contributed by atoms with van der Waals surface area (Å²) in [5.74, 6) is -4.44. The van der Waals surface area contributed by atoms with Gasteiger partial charge in [-0.15, -0.1) is 0 Å². The monoisotopic (exact) mass is 267 g/mol. The Kier molecular flexibility index (Phi) is 4.61. The van der Waals surface area contributed by atoms with Crippen molar-refractivity contribution in [2.45, 2.75) is 42.7 Å². The van der Waals surface area contributed by atoms with Crippen LogP contribution in [-0.4, -0.2) is 79.5 Å². The van der Waals surface area contributed by atoms with Crippen LogP contribution < -0.4 is 5.73 Å². The van der Waals surface area contributed by atoms with Gasteiger partial charge < -0.3 is 41.1 Å². The fourth-order valence-corrected chi connectivity index (χ4v) is 1.75. The lowest BCUT2D eigenvalue weighted by Gasteiger charge is -2.43. The molecule has 1 rings (SSSR count). The molecule has 1 heterocycles. The predicted octanol–water partition coefficient (Wildman–Crippen LogP) is -4.05. The molecule has 0 saturated carbocycles. The summed E-state index contributed by atoms with van der Waals surface area (Å²) in [5.41, 5.74) is 5.51. The molecule has 9 heteroatoms. The molecule has 18 heavy (non-hydrogen) atoms. The Morgan fingerprint density at radius 2 is 2.06 bits per heavy atom. The molecule has 0 spiro atoms. The SMILES string of the molecule is N[C@H]1[C@@H]([C@H](O)[C@H](O)CO)O[C@@](O)(C(=O)O)C[C@H]1O. The molecule has 1 fully saturated rings. The van der Waals surface area contributed by atoms with Crippen molar-refractivity contribution < 1.29 is 40.2 Å². The highest BCUT2D eigenvalue weighted by Gasteiger charge is 2.52. The van der Waals surface area contributed by atoms with Gasteiger partial charge >= 0.3 is 5.97 Å². The summed E-state index contributed by atoms with van der Waals surface area (Å²) in [6.07, 6.45) is -7.01. The number of ether oxygens (including phenoxy) is 1. The summed E-state index contributed by atoms with van der Waals surface area (Å²) in [6.45, 7) is -0.810. The third kappa shape index (κ3) is 2.78. The smallest absolute Gasteiger partial charge is 0.364 e. The van der Waals surface area contributed by atoms with Gasteiger partial charge in [-0.1, -0.05) is 0 Å². The summed E-state index contributed by atoms with van der Waals surface area (Å²) in [6, 6.07) is -1.21. The molecule has 0 aromatic rings. The van der Waals surface area contributed by atoms with E-state index in [0.29, 0.717) is 0 Å². The fraction of sp³-hybridized carbons (Fsp3) is 0.889. The first-order chi connectivity index (χ1) is 8.23. The van der Waals surface area contributed by atoms with E-state index in [9.17, 15) is 25.2 Å². The summed E-state index contributed by atoms with van der Waals surface area (Å²) >= 11 is 0. The first-order valence-corrected chi connectivity index (χ1v) is 5.27. The second kappa shape index (κ2) is 5.45. The van der Waals surface area contributed by atoms with E-state index in [-0.39, 0.29) is 0 Å². The number of aliphatic hydroxyl groups is 5. The van der Waals surface area contributed by atoms with Gasteiger partial charge in [0.1, 0.15) is 18.3 Å². The lowest BCUT2D eigenvalue weighted by atomic mass is 9.89. The van der Waals surface area contributed by atoms with E-state index < -0.39 is 55.2 Å². The molecule has 0 radical (unpaired) electrons. The Hall–Kier alpha value is -0.810. The number of carboxylic acids is 1. The average Bonchev–Trinajstić information content (AvgIpc) is 2.31. The van der Waals surface area contributed by atoms with Crippen LogP contribution in [0.2, 0.25) is 0 Å². The van der Waals surface area contributed by atoms with Crippen LogP contribution in [0.15, 0.2) is 0 Å². The number of aliphatic carboxylic acids is 1. The Morgan fingerprint density at radius 1 is 1.50 bits per heavy atom. The first kappa shape index (κ1) is 15.2. The summed E-state index contributed by atoms with van der Waals surface area (Å²) in [4.78, 5) is 10.8. The summed E-state index contributed by atoms with van der Waals surface area (Å²) in [5, 5.41) is 55.5. The van der Waals surface area contributed by atoms with E-state index >= 15 is 0 Å². The van der Waals surface area contributed by atoms with Gasteiger partial charge in [-0.3, -0.25) is 0 Å². The molecule has 0 bridgehead atoms. The van der Waals surface area contributed by atoms with Crippen molar-refractivity contribution in [2.24, 2.45) is 5.73 Å². The summed E-state index contributed by atoms with van der Waals surface area (Å²) < 4.78 is 4.75. The number of nitrogens with two attached hydrogens (primary N) is 1. The van der Waals surface area contributed by atoms with E-state index in [2.05, 4.69) is 0 Å². The lowest BCUT2D eigenvalue weighted by Crippen LogP contribution is -2.65. The van der Waals surface area contributed by atoms with E-state index in [0.717, 1.165) is 0 Å². The fourth-order valence-electron chi connectivity index (χ4n) is 1.75. The molecule has 1 aliphatic rings. The number of hydrogen-bond donors (Lipinski definition) is 7. The molecular formula is C9H17NO8. The van der Waals surface area contributed by atoms with Crippen LogP contribution in [0.5, 0.6) is 0 Å². The second-order valence-electron chi connectivity index (χ2n) is 4.26. The van der Waals surface area contributed by atoms with Crippen molar-refractivity contribution in [1.82, 2.24) is 0 Å². The highest BCUT2D eigenvalue weighted by molar-refractivity contribution is 5.75. The van der Waals surface area contributed by atoms with Crippen molar-refractivity contribution in [1.29, 1.82) is 0 Å². The van der Waals surface area contributed by atoms with Gasteiger partial charge in [0.15, 0.2) is 0 Å². The lowest BCUT2D eigenvalue weighted by molar-refractivity contribution is -0.292. The van der Waals surface area contributed by atoms with Crippen molar-refractivity contribution in [3.05, 3.63) is 0 Å². The Bertz CT molecular complexity index is 313. The number of rotatable bonds is 4. The first-order valence-electron chi connectivity index (χ1n) is 5.27. The van der Waals surface area contributed by atoms with Crippen molar-refractivity contribution in [2.75, 3.05) is 6.61 Å². The third-order valence-corrected chi connectivity index (χ3v) is 2.89. The minimum absolute atomic E-state index is 0.665. The van der Waals surface area contributed by atoms with E-state index in [4.69, 9.17) is 20.7 Å². The molecule has 0 aromatic carbocycles. The van der Waals surface area contributed by atoms with Crippen molar-refractivity contribution >= 4 is 5.97 Å². The molecule has 9 nitrogen and oxygen atoms in total. The molecule has 106 valence electrons. The standard InChI is InChI=1S/C9H17NO8/c10-5-3(12)1-9(17,8(15)16)18-7(5)6(14)4(13)2-11/h3-7,11-14,17H,1-2,10H2,(H,15,16)/t3-,4-,5-,6-,7+,9-/m1/s1. The van der Waals surface area contributed by atoms with Crippen LogP contribution in [0.1, 0.15) is 6.42 Å². The van der Waals surface area contributed by atoms with Crippen LogP contribution in [0.3, 0.4) is 0 Å².